The lowest BCUT2D eigenvalue weighted by Gasteiger charge is -2.29. The third-order valence-corrected chi connectivity index (χ3v) is 6.24. The van der Waals surface area contributed by atoms with Gasteiger partial charge in [0.2, 0.25) is 15.9 Å². The van der Waals surface area contributed by atoms with Crippen LogP contribution in [0, 0.1) is 6.92 Å². The van der Waals surface area contributed by atoms with E-state index >= 15 is 0 Å². The molecule has 0 aliphatic carbocycles. The van der Waals surface area contributed by atoms with Crippen molar-refractivity contribution in [2.45, 2.75) is 25.6 Å². The Labute approximate surface area is 170 Å². The van der Waals surface area contributed by atoms with Crippen LogP contribution in [0.25, 0.3) is 0 Å². The molecule has 0 aliphatic heterocycles. The molecule has 2 aromatic rings. The number of ether oxygens (including phenoxy) is 1. The van der Waals surface area contributed by atoms with E-state index in [-0.39, 0.29) is 5.91 Å². The van der Waals surface area contributed by atoms with Crippen LogP contribution in [0.1, 0.15) is 18.2 Å². The van der Waals surface area contributed by atoms with E-state index < -0.39 is 16.1 Å². The van der Waals surface area contributed by atoms with Crippen molar-refractivity contribution < 1.29 is 22.4 Å². The second-order valence-electron chi connectivity index (χ2n) is 6.33. The van der Waals surface area contributed by atoms with E-state index in [0.717, 1.165) is 21.9 Å². The molecule has 0 fully saturated rings. The molecule has 154 valence electrons. The molecule has 7 nitrogen and oxygen atoms in total. The summed E-state index contributed by atoms with van der Waals surface area (Å²) in [4.78, 5) is 12.6. The summed E-state index contributed by atoms with van der Waals surface area (Å²) in [5.41, 5.74) is 1.21. The van der Waals surface area contributed by atoms with Crippen LogP contribution in [-0.2, 0) is 20.6 Å². The topological polar surface area (TPSA) is 88.8 Å². The number of carbonyl (C=O) groups is 1. The van der Waals surface area contributed by atoms with Crippen molar-refractivity contribution >= 4 is 33.4 Å². The fourth-order valence-electron chi connectivity index (χ4n) is 2.71. The number of thioether (sulfide) groups is 1. The number of rotatable bonds is 10. The van der Waals surface area contributed by atoms with E-state index in [1.807, 2.05) is 25.1 Å². The Kier molecular flexibility index (Phi) is 7.82. The monoisotopic (exact) mass is 426 g/mol. The predicted molar refractivity (Wildman–Crippen MR) is 112 cm³/mol. The second-order valence-corrected chi connectivity index (χ2v) is 9.30. The molecule has 0 unspecified atom stereocenters. The van der Waals surface area contributed by atoms with Crippen molar-refractivity contribution in [2.24, 2.45) is 0 Å². The zero-order chi connectivity index (χ0) is 20.7. The maximum atomic E-state index is 12.6. The maximum Gasteiger partial charge on any atom is 0.243 e. The maximum absolute atomic E-state index is 12.6. The van der Waals surface area contributed by atoms with E-state index in [1.54, 1.807) is 37.1 Å². The highest BCUT2D eigenvalue weighted by Gasteiger charge is 2.31. The molecule has 0 saturated heterocycles. The number of carbonyl (C=O) groups excluding carboxylic acids is 1. The van der Waals surface area contributed by atoms with Gasteiger partial charge in [-0.1, -0.05) is 6.07 Å². The number of anilines is 1. The molecule has 1 atom stereocenters. The van der Waals surface area contributed by atoms with Crippen molar-refractivity contribution in [3.05, 3.63) is 47.9 Å². The third-order valence-electron chi connectivity index (χ3n) is 4.03. The average molecular weight is 427 g/mol. The van der Waals surface area contributed by atoms with Crippen LogP contribution >= 0.6 is 11.8 Å². The van der Waals surface area contributed by atoms with Crippen molar-refractivity contribution in [1.82, 2.24) is 5.32 Å². The number of nitrogens with one attached hydrogen (secondary N) is 1. The van der Waals surface area contributed by atoms with Crippen molar-refractivity contribution in [3.8, 4) is 5.75 Å². The summed E-state index contributed by atoms with van der Waals surface area (Å²) in [6.07, 6.45) is 2.70. The van der Waals surface area contributed by atoms with Gasteiger partial charge in [-0.15, -0.1) is 0 Å². The summed E-state index contributed by atoms with van der Waals surface area (Å²) >= 11 is 1.62. The Morgan fingerprint density at radius 2 is 2.11 bits per heavy atom. The summed E-state index contributed by atoms with van der Waals surface area (Å²) in [6.45, 7) is 3.84. The van der Waals surface area contributed by atoms with Gasteiger partial charge in [0, 0.05) is 12.3 Å². The largest absolute Gasteiger partial charge is 0.495 e. The van der Waals surface area contributed by atoms with Crippen LogP contribution in [0.2, 0.25) is 0 Å². The Morgan fingerprint density at radius 1 is 1.36 bits per heavy atom. The van der Waals surface area contributed by atoms with Crippen molar-refractivity contribution in [3.63, 3.8) is 0 Å². The molecule has 0 spiro atoms. The highest BCUT2D eigenvalue weighted by molar-refractivity contribution is 7.98. The SMILES string of the molecule is COc1ccc(C)cc1N([C@H](C)C(=O)NCCSCc1ccco1)S(C)(=O)=O. The van der Waals surface area contributed by atoms with Crippen LogP contribution in [0.15, 0.2) is 41.0 Å². The summed E-state index contributed by atoms with van der Waals surface area (Å²) in [5.74, 6) is 2.30. The van der Waals surface area contributed by atoms with Gasteiger partial charge in [-0.05, 0) is 43.7 Å². The van der Waals surface area contributed by atoms with Gasteiger partial charge >= 0.3 is 0 Å². The lowest BCUT2D eigenvalue weighted by atomic mass is 10.2. The van der Waals surface area contributed by atoms with Crippen LogP contribution in [0.4, 0.5) is 5.69 Å². The predicted octanol–water partition coefficient (Wildman–Crippen LogP) is 2.80. The van der Waals surface area contributed by atoms with Crippen LogP contribution < -0.4 is 14.4 Å². The van der Waals surface area contributed by atoms with E-state index in [0.29, 0.717) is 29.5 Å². The minimum absolute atomic E-state index is 0.347. The number of benzene rings is 1. The number of amides is 1. The summed E-state index contributed by atoms with van der Waals surface area (Å²) < 4.78 is 36.5. The zero-order valence-electron chi connectivity index (χ0n) is 16.5. The summed E-state index contributed by atoms with van der Waals surface area (Å²) in [6, 6.07) is 8.03. The second kappa shape index (κ2) is 9.88. The molecule has 9 heteroatoms. The lowest BCUT2D eigenvalue weighted by molar-refractivity contribution is -0.121. The summed E-state index contributed by atoms with van der Waals surface area (Å²) in [7, 11) is -2.23. The Balaban J connectivity index is 2.03. The van der Waals surface area contributed by atoms with Crippen LogP contribution in [-0.4, -0.2) is 46.0 Å². The minimum atomic E-state index is -3.70. The number of aryl methyl sites for hydroxylation is 1. The zero-order valence-corrected chi connectivity index (χ0v) is 18.1. The van der Waals surface area contributed by atoms with Gasteiger partial charge < -0.3 is 14.5 Å². The van der Waals surface area contributed by atoms with Gasteiger partial charge in [-0.2, -0.15) is 11.8 Å². The first-order valence-corrected chi connectivity index (χ1v) is 11.8. The molecule has 0 bridgehead atoms. The van der Waals surface area contributed by atoms with Crippen molar-refractivity contribution in [2.75, 3.05) is 30.0 Å². The lowest BCUT2D eigenvalue weighted by Crippen LogP contribution is -2.48. The molecular weight excluding hydrogens is 400 g/mol. The van der Waals surface area contributed by atoms with Gasteiger partial charge in [0.05, 0.1) is 31.1 Å². The van der Waals surface area contributed by atoms with E-state index in [1.165, 1.54) is 7.11 Å². The average Bonchev–Trinajstić information content (AvgIpc) is 3.14. The Bertz CT molecular complexity index is 882. The Hall–Kier alpha value is -2.13. The van der Waals surface area contributed by atoms with Gasteiger partial charge in [0.25, 0.3) is 0 Å². The molecule has 0 radical (unpaired) electrons. The molecule has 1 heterocycles. The molecule has 28 heavy (non-hydrogen) atoms. The standard InChI is InChI=1S/C19H26N2O5S2/c1-14-7-8-18(25-3)17(12-14)21(28(4,23)24)15(2)19(22)20-9-11-27-13-16-6-5-10-26-16/h5-8,10,12,15H,9,11,13H2,1-4H3,(H,20,22)/t15-/m1/s1. The number of nitrogens with zero attached hydrogens (tertiary/aromatic N) is 1. The highest BCUT2D eigenvalue weighted by atomic mass is 32.2. The van der Waals surface area contributed by atoms with Gasteiger partial charge in [-0.3, -0.25) is 9.10 Å². The molecular formula is C19H26N2O5S2. The number of furan rings is 1. The van der Waals surface area contributed by atoms with Gasteiger partial charge in [0.15, 0.2) is 0 Å². The van der Waals surface area contributed by atoms with Crippen LogP contribution in [0.3, 0.4) is 0 Å². The van der Waals surface area contributed by atoms with Crippen LogP contribution in [0.5, 0.6) is 5.75 Å². The number of methoxy groups -OCH3 is 1. The fraction of sp³-hybridized carbons (Fsp3) is 0.421. The highest BCUT2D eigenvalue weighted by Crippen LogP contribution is 2.32. The van der Waals surface area contributed by atoms with E-state index in [4.69, 9.17) is 9.15 Å². The molecule has 1 N–H and O–H groups in total. The van der Waals surface area contributed by atoms with Gasteiger partial charge in [-0.25, -0.2) is 8.42 Å². The van der Waals surface area contributed by atoms with E-state index in [2.05, 4.69) is 5.32 Å². The van der Waals surface area contributed by atoms with E-state index in [9.17, 15) is 13.2 Å². The fourth-order valence-corrected chi connectivity index (χ4v) is 4.64. The number of hydrogen-bond acceptors (Lipinski definition) is 6. The normalized spacial score (nSPS) is 12.4. The molecule has 1 aromatic carbocycles. The minimum Gasteiger partial charge on any atom is -0.495 e. The van der Waals surface area contributed by atoms with Gasteiger partial charge in [0.1, 0.15) is 17.6 Å². The smallest absolute Gasteiger partial charge is 0.243 e. The first-order chi connectivity index (χ1) is 13.2. The molecule has 1 aromatic heterocycles. The Morgan fingerprint density at radius 3 is 2.71 bits per heavy atom. The molecule has 0 saturated carbocycles. The molecule has 0 aliphatic rings. The quantitative estimate of drug-likeness (QED) is 0.588. The first kappa shape index (κ1) is 22.2. The first-order valence-electron chi connectivity index (χ1n) is 8.76. The number of sulfonamides is 1. The third kappa shape index (κ3) is 5.93. The summed E-state index contributed by atoms with van der Waals surface area (Å²) in [5, 5.41) is 2.80. The number of hydrogen-bond donors (Lipinski definition) is 1. The van der Waals surface area contributed by atoms with Crippen molar-refractivity contribution in [1.29, 1.82) is 0 Å². The molecule has 1 amide bonds. The molecule has 2 rings (SSSR count).